The number of ether oxygens (including phenoxy) is 3. The Morgan fingerprint density at radius 2 is 1.71 bits per heavy atom. The van der Waals surface area contributed by atoms with Crippen LogP contribution in [0.4, 0.5) is 0 Å². The van der Waals surface area contributed by atoms with Crippen LogP contribution in [0.1, 0.15) is 100 Å². The lowest BCUT2D eigenvalue weighted by atomic mass is 9.77. The molecule has 0 bridgehead atoms. The standard InChI is InChI=1S/C18H24O4.C17H25NO/c1-2-18(20)22-15-6-4-3-5-14-21-17-11-9-16(10-12-17)8-7-13-19;1-3-4-13-5-7-14(8-6-13)15-9-10-17(19-2)16(11-15)12-18/h2,9-13H,1,3-8,14-15H2;9-14,18H,3-8H2,1-2H3. The Morgan fingerprint density at radius 1 is 1.00 bits per heavy atom. The minimum Gasteiger partial charge on any atom is -0.496 e. The molecule has 3 rings (SSSR count). The highest BCUT2D eigenvalue weighted by Crippen LogP contribution is 2.38. The minimum absolute atomic E-state index is 0.361. The lowest BCUT2D eigenvalue weighted by Gasteiger charge is -2.29. The van der Waals surface area contributed by atoms with Crippen LogP contribution in [0.5, 0.6) is 11.5 Å². The van der Waals surface area contributed by atoms with Crippen molar-refractivity contribution in [3.63, 3.8) is 0 Å². The third-order valence-electron chi connectivity index (χ3n) is 7.62. The summed E-state index contributed by atoms with van der Waals surface area (Å²) in [6, 6.07) is 14.2. The molecule has 0 aromatic heterocycles. The minimum atomic E-state index is -0.361. The molecule has 1 saturated carbocycles. The van der Waals surface area contributed by atoms with Crippen LogP contribution < -0.4 is 9.47 Å². The SMILES string of the molecule is C=CC(=O)OCCCCCCOc1ccc(CCC=O)cc1.CCCC1CCC(c2ccc(OC)c(C=N)c2)CC1. The predicted molar refractivity (Wildman–Crippen MR) is 166 cm³/mol. The van der Waals surface area contributed by atoms with Crippen molar-refractivity contribution >= 4 is 18.5 Å². The maximum Gasteiger partial charge on any atom is 0.330 e. The average Bonchev–Trinajstić information content (AvgIpc) is 3.02. The van der Waals surface area contributed by atoms with E-state index < -0.39 is 0 Å². The van der Waals surface area contributed by atoms with Crippen molar-refractivity contribution < 1.29 is 23.8 Å². The summed E-state index contributed by atoms with van der Waals surface area (Å²) in [4.78, 5) is 21.1. The van der Waals surface area contributed by atoms with Gasteiger partial charge in [0.25, 0.3) is 0 Å². The summed E-state index contributed by atoms with van der Waals surface area (Å²) >= 11 is 0. The van der Waals surface area contributed by atoms with Gasteiger partial charge in [-0.25, -0.2) is 4.79 Å². The molecule has 2 aromatic carbocycles. The van der Waals surface area contributed by atoms with Gasteiger partial charge in [0, 0.05) is 24.3 Å². The fourth-order valence-corrected chi connectivity index (χ4v) is 5.27. The molecule has 1 aliphatic carbocycles. The molecule has 0 heterocycles. The van der Waals surface area contributed by atoms with Crippen LogP contribution >= 0.6 is 0 Å². The summed E-state index contributed by atoms with van der Waals surface area (Å²) in [5.74, 6) is 2.92. The van der Waals surface area contributed by atoms with E-state index in [0.717, 1.165) is 66.9 Å². The first-order valence-electron chi connectivity index (χ1n) is 15.2. The van der Waals surface area contributed by atoms with Gasteiger partial charge in [0.15, 0.2) is 0 Å². The monoisotopic (exact) mass is 563 g/mol. The molecule has 1 aliphatic rings. The second-order valence-corrected chi connectivity index (χ2v) is 10.6. The lowest BCUT2D eigenvalue weighted by molar-refractivity contribution is -0.137. The summed E-state index contributed by atoms with van der Waals surface area (Å²) in [6.45, 7) is 6.76. The van der Waals surface area contributed by atoms with Gasteiger partial charge in [0.2, 0.25) is 0 Å². The van der Waals surface area contributed by atoms with Crippen molar-refractivity contribution in [2.75, 3.05) is 20.3 Å². The van der Waals surface area contributed by atoms with Gasteiger partial charge in [0.1, 0.15) is 17.8 Å². The average molecular weight is 564 g/mol. The number of hydrogen-bond donors (Lipinski definition) is 1. The first kappa shape index (κ1) is 33.8. The fourth-order valence-electron chi connectivity index (χ4n) is 5.27. The molecular weight excluding hydrogens is 514 g/mol. The third kappa shape index (κ3) is 13.2. The van der Waals surface area contributed by atoms with Gasteiger partial charge in [0.05, 0.1) is 20.3 Å². The molecule has 6 heteroatoms. The number of benzene rings is 2. The molecule has 1 N–H and O–H groups in total. The Labute approximate surface area is 247 Å². The predicted octanol–water partition coefficient (Wildman–Crippen LogP) is 8.25. The molecular formula is C35H49NO5. The van der Waals surface area contributed by atoms with Crippen molar-refractivity contribution in [1.29, 1.82) is 5.41 Å². The number of methoxy groups -OCH3 is 1. The summed E-state index contributed by atoms with van der Waals surface area (Å²) in [6.07, 6.45) is 16.8. The van der Waals surface area contributed by atoms with Crippen LogP contribution in [-0.4, -0.2) is 38.8 Å². The Morgan fingerprint density at radius 3 is 2.32 bits per heavy atom. The van der Waals surface area contributed by atoms with E-state index in [1.807, 2.05) is 30.3 Å². The smallest absolute Gasteiger partial charge is 0.330 e. The largest absolute Gasteiger partial charge is 0.496 e. The zero-order valence-electron chi connectivity index (χ0n) is 25.1. The molecule has 0 unspecified atom stereocenters. The lowest BCUT2D eigenvalue weighted by Crippen LogP contribution is -2.13. The summed E-state index contributed by atoms with van der Waals surface area (Å²) in [5, 5.41) is 7.48. The van der Waals surface area contributed by atoms with Gasteiger partial charge < -0.3 is 24.4 Å². The van der Waals surface area contributed by atoms with E-state index in [1.165, 1.54) is 56.4 Å². The second kappa shape index (κ2) is 20.5. The molecule has 0 spiro atoms. The van der Waals surface area contributed by atoms with Gasteiger partial charge in [-0.2, -0.15) is 0 Å². The normalized spacial score (nSPS) is 16.0. The summed E-state index contributed by atoms with van der Waals surface area (Å²) < 4.78 is 15.8. The Kier molecular flexibility index (Phi) is 16.9. The first-order valence-corrected chi connectivity index (χ1v) is 15.2. The highest BCUT2D eigenvalue weighted by Gasteiger charge is 2.22. The number of rotatable bonds is 17. The van der Waals surface area contributed by atoms with Gasteiger partial charge in [-0.05, 0) is 105 Å². The number of esters is 1. The number of aldehydes is 1. The molecule has 2 aromatic rings. The van der Waals surface area contributed by atoms with Crippen LogP contribution in [0.15, 0.2) is 55.1 Å². The van der Waals surface area contributed by atoms with E-state index >= 15 is 0 Å². The van der Waals surface area contributed by atoms with Gasteiger partial charge in [-0.15, -0.1) is 0 Å². The highest BCUT2D eigenvalue weighted by atomic mass is 16.5. The van der Waals surface area contributed by atoms with E-state index in [9.17, 15) is 9.59 Å². The fraction of sp³-hybridized carbons (Fsp3) is 0.514. The second-order valence-electron chi connectivity index (χ2n) is 10.6. The molecule has 0 aliphatic heterocycles. The maximum absolute atomic E-state index is 10.8. The summed E-state index contributed by atoms with van der Waals surface area (Å²) in [7, 11) is 1.66. The first-order chi connectivity index (χ1) is 20.0. The highest BCUT2D eigenvalue weighted by molar-refractivity contribution is 5.81. The molecule has 0 saturated heterocycles. The Hall–Kier alpha value is -3.41. The molecule has 0 atom stereocenters. The van der Waals surface area contributed by atoms with E-state index in [4.69, 9.17) is 19.6 Å². The van der Waals surface area contributed by atoms with Gasteiger partial charge in [-0.3, -0.25) is 0 Å². The van der Waals surface area contributed by atoms with Crippen molar-refractivity contribution in [2.45, 2.75) is 89.9 Å². The van der Waals surface area contributed by atoms with Crippen LogP contribution in [0.2, 0.25) is 0 Å². The van der Waals surface area contributed by atoms with Crippen LogP contribution in [0.3, 0.4) is 0 Å². The molecule has 41 heavy (non-hydrogen) atoms. The van der Waals surface area contributed by atoms with Crippen molar-refractivity contribution in [1.82, 2.24) is 0 Å². The number of unbranched alkanes of at least 4 members (excludes halogenated alkanes) is 3. The van der Waals surface area contributed by atoms with E-state index in [0.29, 0.717) is 25.6 Å². The number of aryl methyl sites for hydroxylation is 1. The molecule has 1 fully saturated rings. The number of carbonyl (C=O) groups excluding carboxylic acids is 2. The van der Waals surface area contributed by atoms with Crippen molar-refractivity contribution in [2.24, 2.45) is 5.92 Å². The number of carbonyl (C=O) groups is 2. The molecule has 6 nitrogen and oxygen atoms in total. The molecule has 224 valence electrons. The topological polar surface area (TPSA) is 85.7 Å². The van der Waals surface area contributed by atoms with Gasteiger partial charge >= 0.3 is 5.97 Å². The zero-order valence-corrected chi connectivity index (χ0v) is 25.1. The molecule has 0 radical (unpaired) electrons. The Bertz CT molecular complexity index is 1040. The van der Waals surface area contributed by atoms with Crippen LogP contribution in [0, 0.1) is 11.3 Å². The molecule has 0 amide bonds. The van der Waals surface area contributed by atoms with Crippen molar-refractivity contribution in [3.8, 4) is 11.5 Å². The Balaban J connectivity index is 0.000000289. The zero-order chi connectivity index (χ0) is 29.7. The number of nitrogens with one attached hydrogen (secondary N) is 1. The van der Waals surface area contributed by atoms with E-state index in [2.05, 4.69) is 25.6 Å². The summed E-state index contributed by atoms with van der Waals surface area (Å²) in [5.41, 5.74) is 3.43. The third-order valence-corrected chi connectivity index (χ3v) is 7.62. The van der Waals surface area contributed by atoms with Crippen molar-refractivity contribution in [3.05, 3.63) is 71.8 Å². The van der Waals surface area contributed by atoms with E-state index in [1.54, 1.807) is 7.11 Å². The van der Waals surface area contributed by atoms with E-state index in [-0.39, 0.29) is 5.97 Å². The van der Waals surface area contributed by atoms with Gasteiger partial charge in [-0.1, -0.05) is 44.5 Å². The van der Waals surface area contributed by atoms with Crippen LogP contribution in [-0.2, 0) is 20.7 Å². The van der Waals surface area contributed by atoms with Crippen LogP contribution in [0.25, 0.3) is 0 Å². The maximum atomic E-state index is 10.8. The number of hydrogen-bond acceptors (Lipinski definition) is 6. The quantitative estimate of drug-likeness (QED) is 0.0688.